The van der Waals surface area contributed by atoms with Crippen molar-refractivity contribution in [3.05, 3.63) is 29.8 Å². The van der Waals surface area contributed by atoms with Crippen LogP contribution in [0.25, 0.3) is 0 Å². The molecule has 4 nitrogen and oxygen atoms in total. The van der Waals surface area contributed by atoms with E-state index < -0.39 is 12.2 Å². The van der Waals surface area contributed by atoms with Crippen molar-refractivity contribution in [2.45, 2.75) is 52.2 Å². The number of hydrogen-bond donors (Lipinski definition) is 2. The Hall–Kier alpha value is -1.55. The van der Waals surface area contributed by atoms with Gasteiger partial charge in [0.15, 0.2) is 6.10 Å². The third kappa shape index (κ3) is 5.21. The molecular weight excluding hydrogens is 254 g/mol. The summed E-state index contributed by atoms with van der Waals surface area (Å²) in [5.41, 5.74) is 0.861. The van der Waals surface area contributed by atoms with Crippen molar-refractivity contribution < 1.29 is 14.6 Å². The molecule has 0 spiro atoms. The molecule has 1 amide bonds. The zero-order chi connectivity index (χ0) is 15.0. The molecule has 0 saturated heterocycles. The number of ether oxygens (including phenoxy) is 1. The fourth-order valence-corrected chi connectivity index (χ4v) is 1.79. The number of carbonyl (C=O) groups is 1. The normalized spacial score (nSPS) is 13.6. The van der Waals surface area contributed by atoms with Crippen molar-refractivity contribution in [1.29, 1.82) is 0 Å². The number of aliphatic hydroxyl groups excluding tert-OH is 1. The van der Waals surface area contributed by atoms with E-state index in [-0.39, 0.29) is 5.91 Å². The topological polar surface area (TPSA) is 58.6 Å². The van der Waals surface area contributed by atoms with E-state index in [1.165, 1.54) is 0 Å². The first-order chi connectivity index (χ1) is 9.58. The summed E-state index contributed by atoms with van der Waals surface area (Å²) >= 11 is 0. The zero-order valence-corrected chi connectivity index (χ0v) is 12.6. The number of hydrogen-bond acceptors (Lipinski definition) is 3. The summed E-state index contributed by atoms with van der Waals surface area (Å²) in [6.45, 7) is 6.43. The predicted molar refractivity (Wildman–Crippen MR) is 79.7 cm³/mol. The SMILES string of the molecule is CCCCNC(=O)C(C)Oc1ccc(C(O)CC)cc1. The van der Waals surface area contributed by atoms with Gasteiger partial charge in [0, 0.05) is 6.54 Å². The molecule has 4 heteroatoms. The molecule has 112 valence electrons. The van der Waals surface area contributed by atoms with E-state index in [1.807, 2.05) is 19.1 Å². The molecule has 0 saturated carbocycles. The van der Waals surface area contributed by atoms with E-state index in [2.05, 4.69) is 12.2 Å². The Bertz CT molecular complexity index is 403. The number of carbonyl (C=O) groups excluding carboxylic acids is 1. The van der Waals surface area contributed by atoms with E-state index >= 15 is 0 Å². The van der Waals surface area contributed by atoms with Crippen LogP contribution in [0.2, 0.25) is 0 Å². The lowest BCUT2D eigenvalue weighted by Crippen LogP contribution is -2.36. The Balaban J connectivity index is 2.49. The minimum atomic E-state index is -0.520. The number of aliphatic hydroxyl groups is 1. The highest BCUT2D eigenvalue weighted by molar-refractivity contribution is 5.80. The molecule has 0 bridgehead atoms. The van der Waals surface area contributed by atoms with Crippen LogP contribution in [-0.4, -0.2) is 23.7 Å². The molecule has 2 atom stereocenters. The molecule has 1 aromatic carbocycles. The molecule has 0 aliphatic rings. The third-order valence-electron chi connectivity index (χ3n) is 3.16. The molecule has 0 aliphatic carbocycles. The van der Waals surface area contributed by atoms with Gasteiger partial charge in [-0.15, -0.1) is 0 Å². The lowest BCUT2D eigenvalue weighted by atomic mass is 10.1. The summed E-state index contributed by atoms with van der Waals surface area (Å²) in [7, 11) is 0. The standard InChI is InChI=1S/C16H25NO3/c1-4-6-11-17-16(19)12(3)20-14-9-7-13(8-10-14)15(18)5-2/h7-10,12,15,18H,4-6,11H2,1-3H3,(H,17,19). The van der Waals surface area contributed by atoms with Crippen LogP contribution in [0.1, 0.15) is 51.7 Å². The molecule has 2 N–H and O–H groups in total. The second-order valence-corrected chi connectivity index (χ2v) is 4.90. The molecule has 2 unspecified atom stereocenters. The Kier molecular flexibility index (Phi) is 7.09. The summed E-state index contributed by atoms with van der Waals surface area (Å²) < 4.78 is 5.58. The van der Waals surface area contributed by atoms with Gasteiger partial charge in [-0.1, -0.05) is 32.4 Å². The van der Waals surface area contributed by atoms with Crippen LogP contribution in [0.4, 0.5) is 0 Å². The maximum atomic E-state index is 11.8. The average Bonchev–Trinajstić information content (AvgIpc) is 2.47. The Morgan fingerprint density at radius 2 is 1.95 bits per heavy atom. The van der Waals surface area contributed by atoms with Gasteiger partial charge in [-0.05, 0) is 37.5 Å². The maximum absolute atomic E-state index is 11.8. The maximum Gasteiger partial charge on any atom is 0.260 e. The molecule has 0 heterocycles. The van der Waals surface area contributed by atoms with E-state index in [9.17, 15) is 9.90 Å². The van der Waals surface area contributed by atoms with Crippen molar-refractivity contribution in [3.8, 4) is 5.75 Å². The van der Waals surface area contributed by atoms with Gasteiger partial charge in [0.05, 0.1) is 6.10 Å². The van der Waals surface area contributed by atoms with E-state index in [0.717, 1.165) is 18.4 Å². The van der Waals surface area contributed by atoms with E-state index in [0.29, 0.717) is 18.7 Å². The number of unbranched alkanes of at least 4 members (excludes halogenated alkanes) is 1. The molecule has 0 fully saturated rings. The van der Waals surface area contributed by atoms with E-state index in [4.69, 9.17) is 4.74 Å². The van der Waals surface area contributed by atoms with Crippen molar-refractivity contribution in [2.24, 2.45) is 0 Å². The summed E-state index contributed by atoms with van der Waals surface area (Å²) in [4.78, 5) is 11.8. The lowest BCUT2D eigenvalue weighted by Gasteiger charge is -2.15. The molecule has 0 aromatic heterocycles. The van der Waals surface area contributed by atoms with E-state index in [1.54, 1.807) is 19.1 Å². The van der Waals surface area contributed by atoms with Crippen LogP contribution < -0.4 is 10.1 Å². The molecule has 20 heavy (non-hydrogen) atoms. The van der Waals surface area contributed by atoms with Crippen LogP contribution in [0.5, 0.6) is 5.75 Å². The summed E-state index contributed by atoms with van der Waals surface area (Å²) in [5, 5.41) is 12.5. The van der Waals surface area contributed by atoms with Crippen molar-refractivity contribution in [1.82, 2.24) is 5.32 Å². The number of amides is 1. The lowest BCUT2D eigenvalue weighted by molar-refractivity contribution is -0.127. The predicted octanol–water partition coefficient (Wildman–Crippen LogP) is 2.81. The highest BCUT2D eigenvalue weighted by Crippen LogP contribution is 2.20. The largest absolute Gasteiger partial charge is 0.481 e. The van der Waals surface area contributed by atoms with Crippen LogP contribution in [-0.2, 0) is 4.79 Å². The molecule has 1 aromatic rings. The first-order valence-corrected chi connectivity index (χ1v) is 7.30. The monoisotopic (exact) mass is 279 g/mol. The second kappa shape index (κ2) is 8.59. The minimum absolute atomic E-state index is 0.101. The van der Waals surface area contributed by atoms with Crippen molar-refractivity contribution in [3.63, 3.8) is 0 Å². The fraction of sp³-hybridized carbons (Fsp3) is 0.562. The smallest absolute Gasteiger partial charge is 0.260 e. The van der Waals surface area contributed by atoms with Crippen LogP contribution >= 0.6 is 0 Å². The molecular formula is C16H25NO3. The van der Waals surface area contributed by atoms with Crippen molar-refractivity contribution >= 4 is 5.91 Å². The van der Waals surface area contributed by atoms with Gasteiger partial charge in [0.1, 0.15) is 5.75 Å². The zero-order valence-electron chi connectivity index (χ0n) is 12.6. The Labute approximate surface area is 121 Å². The van der Waals surface area contributed by atoms with Gasteiger partial charge >= 0.3 is 0 Å². The minimum Gasteiger partial charge on any atom is -0.481 e. The van der Waals surface area contributed by atoms with Crippen molar-refractivity contribution in [2.75, 3.05) is 6.54 Å². The van der Waals surface area contributed by atoms with Gasteiger partial charge < -0.3 is 15.2 Å². The average molecular weight is 279 g/mol. The molecule has 0 radical (unpaired) electrons. The fourth-order valence-electron chi connectivity index (χ4n) is 1.79. The summed E-state index contributed by atoms with van der Waals surface area (Å²) in [6.07, 6.45) is 1.74. The second-order valence-electron chi connectivity index (χ2n) is 4.90. The number of nitrogens with one attached hydrogen (secondary N) is 1. The van der Waals surface area contributed by atoms with Crippen LogP contribution in [0.3, 0.4) is 0 Å². The van der Waals surface area contributed by atoms with Gasteiger partial charge in [-0.2, -0.15) is 0 Å². The van der Waals surface area contributed by atoms with Crippen LogP contribution in [0.15, 0.2) is 24.3 Å². The summed E-state index contributed by atoms with van der Waals surface area (Å²) in [5.74, 6) is 0.534. The summed E-state index contributed by atoms with van der Waals surface area (Å²) in [6, 6.07) is 7.21. The van der Waals surface area contributed by atoms with Gasteiger partial charge in [-0.25, -0.2) is 0 Å². The Morgan fingerprint density at radius 1 is 1.30 bits per heavy atom. The molecule has 0 aliphatic heterocycles. The number of rotatable bonds is 8. The highest BCUT2D eigenvalue weighted by Gasteiger charge is 2.14. The van der Waals surface area contributed by atoms with Gasteiger partial charge in [0.25, 0.3) is 5.91 Å². The number of benzene rings is 1. The quantitative estimate of drug-likeness (QED) is 0.719. The Morgan fingerprint density at radius 3 is 2.50 bits per heavy atom. The van der Waals surface area contributed by atoms with Gasteiger partial charge in [-0.3, -0.25) is 4.79 Å². The molecule has 1 rings (SSSR count). The highest BCUT2D eigenvalue weighted by atomic mass is 16.5. The first kappa shape index (κ1) is 16.5. The van der Waals surface area contributed by atoms with Gasteiger partial charge in [0.2, 0.25) is 0 Å². The third-order valence-corrected chi connectivity index (χ3v) is 3.16. The van der Waals surface area contributed by atoms with Crippen LogP contribution in [0, 0.1) is 0 Å². The first-order valence-electron chi connectivity index (χ1n) is 7.30.